The Morgan fingerprint density at radius 3 is 2.05 bits per heavy atom. The maximum atomic E-state index is 13.3. The number of halogens is 3. The molecule has 0 bridgehead atoms. The van der Waals surface area contributed by atoms with Crippen LogP contribution in [0.15, 0.2) is 95.8 Å². The van der Waals surface area contributed by atoms with Crippen molar-refractivity contribution in [1.29, 1.82) is 0 Å². The van der Waals surface area contributed by atoms with Gasteiger partial charge in [-0.05, 0) is 36.2 Å². The lowest BCUT2D eigenvalue weighted by Gasteiger charge is -2.36. The monoisotopic (exact) mass is 518 g/mol. The standard InChI is InChI=1S/C30H29F3N4O/c31-30(32,33)25-13-7-14-26(21-25)36-19-17-35(18-20-36)15-8-16-37-29(38)27(23-9-3-1-4-10-23)22-28(34-37)24-11-5-2-6-12-24/h1-7,9-14,21-22H,8,15-20H2. The van der Waals surface area contributed by atoms with Gasteiger partial charge in [0, 0.05) is 50.5 Å². The highest BCUT2D eigenvalue weighted by Crippen LogP contribution is 2.32. The number of anilines is 1. The van der Waals surface area contributed by atoms with Crippen molar-refractivity contribution in [2.45, 2.75) is 19.1 Å². The largest absolute Gasteiger partial charge is 0.416 e. The quantitative estimate of drug-likeness (QED) is 0.310. The summed E-state index contributed by atoms with van der Waals surface area (Å²) in [4.78, 5) is 17.6. The zero-order chi connectivity index (χ0) is 26.5. The van der Waals surface area contributed by atoms with Gasteiger partial charge in [-0.1, -0.05) is 66.7 Å². The highest BCUT2D eigenvalue weighted by atomic mass is 19.4. The molecule has 0 saturated carbocycles. The van der Waals surface area contributed by atoms with Crippen molar-refractivity contribution in [3.63, 3.8) is 0 Å². The molecule has 5 nitrogen and oxygen atoms in total. The molecule has 0 atom stereocenters. The summed E-state index contributed by atoms with van der Waals surface area (Å²) in [6.45, 7) is 4.06. The average Bonchev–Trinajstić information content (AvgIpc) is 2.95. The van der Waals surface area contributed by atoms with Gasteiger partial charge in [0.25, 0.3) is 5.56 Å². The van der Waals surface area contributed by atoms with E-state index in [1.165, 1.54) is 12.1 Å². The summed E-state index contributed by atoms with van der Waals surface area (Å²) < 4.78 is 40.8. The highest BCUT2D eigenvalue weighted by Gasteiger charge is 2.31. The van der Waals surface area contributed by atoms with Crippen LogP contribution in [0.1, 0.15) is 12.0 Å². The molecule has 0 unspecified atom stereocenters. The Morgan fingerprint density at radius 1 is 0.737 bits per heavy atom. The van der Waals surface area contributed by atoms with Crippen LogP contribution < -0.4 is 10.5 Å². The molecule has 1 aromatic heterocycles. The minimum Gasteiger partial charge on any atom is -0.369 e. The second-order valence-corrected chi connectivity index (χ2v) is 9.43. The number of rotatable bonds is 7. The van der Waals surface area contributed by atoms with Gasteiger partial charge in [0.2, 0.25) is 0 Å². The van der Waals surface area contributed by atoms with Crippen molar-refractivity contribution >= 4 is 5.69 Å². The van der Waals surface area contributed by atoms with E-state index in [1.54, 1.807) is 10.7 Å². The van der Waals surface area contributed by atoms with Crippen LogP contribution in [0.2, 0.25) is 0 Å². The first-order valence-corrected chi connectivity index (χ1v) is 12.8. The molecule has 0 spiro atoms. The first kappa shape index (κ1) is 25.7. The smallest absolute Gasteiger partial charge is 0.369 e. The fraction of sp³-hybridized carbons (Fsp3) is 0.267. The van der Waals surface area contributed by atoms with E-state index in [0.717, 1.165) is 48.9 Å². The third kappa shape index (κ3) is 5.97. The summed E-state index contributed by atoms with van der Waals surface area (Å²) in [7, 11) is 0. The van der Waals surface area contributed by atoms with Crippen molar-refractivity contribution in [3.05, 3.63) is 107 Å². The SMILES string of the molecule is O=c1c(-c2ccccc2)cc(-c2ccccc2)nn1CCCN1CCN(c2cccc(C(F)(F)F)c2)CC1. The molecule has 0 radical (unpaired) electrons. The van der Waals surface area contributed by atoms with Crippen LogP contribution in [-0.4, -0.2) is 47.4 Å². The number of hydrogen-bond donors (Lipinski definition) is 0. The van der Waals surface area contributed by atoms with Gasteiger partial charge in [0.1, 0.15) is 0 Å². The van der Waals surface area contributed by atoms with Crippen molar-refractivity contribution in [3.8, 4) is 22.4 Å². The fourth-order valence-electron chi connectivity index (χ4n) is 4.82. The second-order valence-electron chi connectivity index (χ2n) is 9.43. The van der Waals surface area contributed by atoms with Gasteiger partial charge in [-0.15, -0.1) is 0 Å². The summed E-state index contributed by atoms with van der Waals surface area (Å²) in [5.41, 5.74) is 3.03. The molecule has 0 aliphatic carbocycles. The topological polar surface area (TPSA) is 41.4 Å². The molecule has 0 amide bonds. The zero-order valence-electron chi connectivity index (χ0n) is 20.9. The minimum absolute atomic E-state index is 0.120. The molecule has 2 heterocycles. The summed E-state index contributed by atoms with van der Waals surface area (Å²) in [6.07, 6.45) is -3.61. The van der Waals surface area contributed by atoms with Crippen LogP contribution >= 0.6 is 0 Å². The van der Waals surface area contributed by atoms with Gasteiger partial charge in [0.15, 0.2) is 0 Å². The molecule has 1 aliphatic rings. The molecule has 8 heteroatoms. The molecule has 1 fully saturated rings. The van der Waals surface area contributed by atoms with Crippen molar-refractivity contribution < 1.29 is 13.2 Å². The van der Waals surface area contributed by atoms with Crippen LogP contribution in [0.4, 0.5) is 18.9 Å². The highest BCUT2D eigenvalue weighted by molar-refractivity contribution is 5.69. The van der Waals surface area contributed by atoms with Gasteiger partial charge >= 0.3 is 6.18 Å². The molecule has 38 heavy (non-hydrogen) atoms. The third-order valence-corrected chi connectivity index (χ3v) is 6.88. The number of benzene rings is 3. The Kier molecular flexibility index (Phi) is 7.60. The number of alkyl halides is 3. The van der Waals surface area contributed by atoms with Crippen molar-refractivity contribution in [2.24, 2.45) is 0 Å². The van der Waals surface area contributed by atoms with Crippen LogP contribution in [0, 0.1) is 0 Å². The predicted octanol–water partition coefficient (Wildman–Crippen LogP) is 5.81. The zero-order valence-corrected chi connectivity index (χ0v) is 20.9. The molecule has 0 N–H and O–H groups in total. The lowest BCUT2D eigenvalue weighted by Crippen LogP contribution is -2.46. The Balaban J connectivity index is 1.25. The summed E-state index contributed by atoms with van der Waals surface area (Å²) in [5, 5.41) is 4.68. The minimum atomic E-state index is -4.35. The lowest BCUT2D eigenvalue weighted by molar-refractivity contribution is -0.137. The maximum Gasteiger partial charge on any atom is 0.416 e. The molecule has 3 aromatic carbocycles. The normalized spacial score (nSPS) is 14.6. The van der Waals surface area contributed by atoms with Crippen LogP contribution in [-0.2, 0) is 12.7 Å². The van der Waals surface area contributed by atoms with E-state index in [-0.39, 0.29) is 5.56 Å². The third-order valence-electron chi connectivity index (χ3n) is 6.88. The first-order valence-electron chi connectivity index (χ1n) is 12.8. The van der Waals surface area contributed by atoms with E-state index in [4.69, 9.17) is 0 Å². The Morgan fingerprint density at radius 2 is 1.39 bits per heavy atom. The van der Waals surface area contributed by atoms with E-state index in [2.05, 4.69) is 10.00 Å². The molecular formula is C30H29F3N4O. The van der Waals surface area contributed by atoms with Crippen molar-refractivity contribution in [2.75, 3.05) is 37.6 Å². The average molecular weight is 519 g/mol. The van der Waals surface area contributed by atoms with Gasteiger partial charge < -0.3 is 4.90 Å². The summed E-state index contributed by atoms with van der Waals surface area (Å²) in [6, 6.07) is 26.8. The second kappa shape index (κ2) is 11.2. The van der Waals surface area contributed by atoms with Crippen LogP contribution in [0.25, 0.3) is 22.4 Å². The fourth-order valence-corrected chi connectivity index (χ4v) is 4.82. The lowest BCUT2D eigenvalue weighted by atomic mass is 10.0. The molecule has 196 valence electrons. The summed E-state index contributed by atoms with van der Waals surface area (Å²) in [5.74, 6) is 0. The Labute approximate surface area is 219 Å². The van der Waals surface area contributed by atoms with Gasteiger partial charge in [0.05, 0.1) is 16.8 Å². The van der Waals surface area contributed by atoms with E-state index < -0.39 is 11.7 Å². The number of aryl methyl sites for hydroxylation is 1. The summed E-state index contributed by atoms with van der Waals surface area (Å²) >= 11 is 0. The number of piperazine rings is 1. The van der Waals surface area contributed by atoms with E-state index in [1.807, 2.05) is 71.6 Å². The number of aromatic nitrogens is 2. The van der Waals surface area contributed by atoms with E-state index >= 15 is 0 Å². The van der Waals surface area contributed by atoms with Crippen molar-refractivity contribution in [1.82, 2.24) is 14.7 Å². The molecule has 1 aliphatic heterocycles. The van der Waals surface area contributed by atoms with E-state index in [9.17, 15) is 18.0 Å². The number of nitrogens with zero attached hydrogens (tertiary/aromatic N) is 4. The van der Waals surface area contributed by atoms with Crippen LogP contribution in [0.5, 0.6) is 0 Å². The molecule has 4 aromatic rings. The molecular weight excluding hydrogens is 489 g/mol. The first-order chi connectivity index (χ1) is 18.4. The Bertz CT molecular complexity index is 1410. The Hall–Kier alpha value is -3.91. The van der Waals surface area contributed by atoms with E-state index in [0.29, 0.717) is 30.9 Å². The molecule has 5 rings (SSSR count). The number of hydrogen-bond acceptors (Lipinski definition) is 4. The van der Waals surface area contributed by atoms with Gasteiger partial charge in [-0.3, -0.25) is 9.69 Å². The maximum absolute atomic E-state index is 13.3. The van der Waals surface area contributed by atoms with Crippen LogP contribution in [0.3, 0.4) is 0 Å². The van der Waals surface area contributed by atoms with Gasteiger partial charge in [-0.25, -0.2) is 4.68 Å². The van der Waals surface area contributed by atoms with Gasteiger partial charge in [-0.2, -0.15) is 18.3 Å². The molecule has 1 saturated heterocycles. The predicted molar refractivity (Wildman–Crippen MR) is 144 cm³/mol.